The number of hydrogen-bond donors (Lipinski definition) is 6. The van der Waals surface area contributed by atoms with Crippen LogP contribution in [0, 0.1) is 0 Å². The highest BCUT2D eigenvalue weighted by Crippen LogP contribution is 2.17. The van der Waals surface area contributed by atoms with E-state index in [0.29, 0.717) is 25.2 Å². The van der Waals surface area contributed by atoms with Gasteiger partial charge in [-0.15, -0.1) is 0 Å². The SMILES string of the molecule is C=C(N)NCCC[C@H](NC(=O)[C@H](C)NC(C)=O)C(=O)N[C@@H](C)C(=O)NC1CCCCC1. The van der Waals surface area contributed by atoms with Crippen molar-refractivity contribution in [2.24, 2.45) is 5.73 Å². The van der Waals surface area contributed by atoms with Crippen molar-refractivity contribution in [3.05, 3.63) is 12.4 Å². The van der Waals surface area contributed by atoms with Gasteiger partial charge in [0.1, 0.15) is 18.1 Å². The molecule has 1 saturated carbocycles. The molecule has 4 amide bonds. The van der Waals surface area contributed by atoms with E-state index in [9.17, 15) is 19.2 Å². The van der Waals surface area contributed by atoms with E-state index < -0.39 is 29.9 Å². The van der Waals surface area contributed by atoms with Gasteiger partial charge < -0.3 is 32.3 Å². The Balaban J connectivity index is 2.66. The van der Waals surface area contributed by atoms with Crippen LogP contribution in [0.1, 0.15) is 65.7 Å². The molecule has 176 valence electrons. The molecule has 0 aliphatic heterocycles. The molecule has 0 aromatic heterocycles. The van der Waals surface area contributed by atoms with Gasteiger partial charge in [-0.05, 0) is 39.5 Å². The Hall–Kier alpha value is -2.78. The second kappa shape index (κ2) is 13.5. The Morgan fingerprint density at radius 2 is 1.55 bits per heavy atom. The van der Waals surface area contributed by atoms with E-state index in [2.05, 4.69) is 33.2 Å². The second-order valence-corrected chi connectivity index (χ2v) is 8.15. The predicted molar refractivity (Wildman–Crippen MR) is 118 cm³/mol. The number of amides is 4. The van der Waals surface area contributed by atoms with E-state index in [4.69, 9.17) is 5.73 Å². The topological polar surface area (TPSA) is 154 Å². The molecule has 0 heterocycles. The average Bonchev–Trinajstić information content (AvgIpc) is 2.69. The van der Waals surface area contributed by atoms with Crippen LogP contribution in [0.25, 0.3) is 0 Å². The predicted octanol–water partition coefficient (Wildman–Crippen LogP) is -0.251. The first kappa shape index (κ1) is 26.3. The summed E-state index contributed by atoms with van der Waals surface area (Å²) in [6, 6.07) is -2.24. The van der Waals surface area contributed by atoms with Gasteiger partial charge >= 0.3 is 0 Å². The lowest BCUT2D eigenvalue weighted by atomic mass is 9.95. The third kappa shape index (κ3) is 10.7. The summed E-state index contributed by atoms with van der Waals surface area (Å²) in [6.45, 7) is 8.49. The van der Waals surface area contributed by atoms with Crippen molar-refractivity contribution in [3.8, 4) is 0 Å². The van der Waals surface area contributed by atoms with Crippen LogP contribution in [0.2, 0.25) is 0 Å². The number of carbonyl (C=O) groups excluding carboxylic acids is 4. The van der Waals surface area contributed by atoms with Crippen LogP contribution in [0.15, 0.2) is 12.4 Å². The van der Waals surface area contributed by atoms with Crippen molar-refractivity contribution in [3.63, 3.8) is 0 Å². The van der Waals surface area contributed by atoms with Gasteiger partial charge in [0.15, 0.2) is 0 Å². The molecular formula is C21H38N6O4. The lowest BCUT2D eigenvalue weighted by molar-refractivity contribution is -0.133. The van der Waals surface area contributed by atoms with Crippen molar-refractivity contribution in [1.29, 1.82) is 0 Å². The Bertz CT molecular complexity index is 648. The van der Waals surface area contributed by atoms with E-state index in [-0.39, 0.29) is 17.9 Å². The van der Waals surface area contributed by atoms with Crippen LogP contribution in [-0.4, -0.2) is 54.3 Å². The quantitative estimate of drug-likeness (QED) is 0.231. The molecule has 1 fully saturated rings. The number of nitrogens with two attached hydrogens (primary N) is 1. The lowest BCUT2D eigenvalue weighted by Crippen LogP contribution is -2.56. The number of rotatable bonds is 12. The Labute approximate surface area is 184 Å². The van der Waals surface area contributed by atoms with Crippen LogP contribution in [-0.2, 0) is 19.2 Å². The molecule has 0 unspecified atom stereocenters. The highest BCUT2D eigenvalue weighted by atomic mass is 16.2. The van der Waals surface area contributed by atoms with Crippen LogP contribution in [0.3, 0.4) is 0 Å². The summed E-state index contributed by atoms with van der Waals surface area (Å²) in [5.74, 6) is -1.20. The molecular weight excluding hydrogens is 400 g/mol. The molecule has 0 aromatic rings. The van der Waals surface area contributed by atoms with Gasteiger partial charge in [-0.3, -0.25) is 19.2 Å². The Morgan fingerprint density at radius 3 is 2.13 bits per heavy atom. The van der Waals surface area contributed by atoms with Crippen LogP contribution in [0.5, 0.6) is 0 Å². The normalized spacial score (nSPS) is 16.9. The molecule has 1 aliphatic rings. The van der Waals surface area contributed by atoms with E-state index in [1.807, 2.05) is 0 Å². The molecule has 0 bridgehead atoms. The first-order valence-corrected chi connectivity index (χ1v) is 11.0. The molecule has 0 aromatic carbocycles. The van der Waals surface area contributed by atoms with Gasteiger partial charge in [0.2, 0.25) is 23.6 Å². The molecule has 1 rings (SSSR count). The minimum absolute atomic E-state index is 0.144. The molecule has 0 radical (unpaired) electrons. The van der Waals surface area contributed by atoms with E-state index in [1.54, 1.807) is 6.92 Å². The van der Waals surface area contributed by atoms with Crippen LogP contribution >= 0.6 is 0 Å². The lowest BCUT2D eigenvalue weighted by Gasteiger charge is -2.26. The van der Waals surface area contributed by atoms with Gasteiger partial charge in [0.25, 0.3) is 0 Å². The summed E-state index contributed by atoms with van der Waals surface area (Å²) in [5, 5.41) is 13.7. The summed E-state index contributed by atoms with van der Waals surface area (Å²) < 4.78 is 0. The van der Waals surface area contributed by atoms with Crippen molar-refractivity contribution < 1.29 is 19.2 Å². The first-order valence-electron chi connectivity index (χ1n) is 11.0. The Morgan fingerprint density at radius 1 is 0.935 bits per heavy atom. The summed E-state index contributed by atoms with van der Waals surface area (Å²) in [7, 11) is 0. The third-order valence-electron chi connectivity index (χ3n) is 5.17. The maximum atomic E-state index is 12.8. The fourth-order valence-corrected chi connectivity index (χ4v) is 3.44. The molecule has 10 nitrogen and oxygen atoms in total. The molecule has 1 aliphatic carbocycles. The second-order valence-electron chi connectivity index (χ2n) is 8.15. The van der Waals surface area contributed by atoms with E-state index in [0.717, 1.165) is 25.7 Å². The molecule has 3 atom stereocenters. The maximum absolute atomic E-state index is 12.8. The molecule has 31 heavy (non-hydrogen) atoms. The van der Waals surface area contributed by atoms with Gasteiger partial charge in [0, 0.05) is 19.5 Å². The van der Waals surface area contributed by atoms with E-state index in [1.165, 1.54) is 20.3 Å². The molecule has 7 N–H and O–H groups in total. The average molecular weight is 439 g/mol. The molecule has 0 spiro atoms. The monoisotopic (exact) mass is 438 g/mol. The van der Waals surface area contributed by atoms with Gasteiger partial charge in [-0.25, -0.2) is 0 Å². The fourth-order valence-electron chi connectivity index (χ4n) is 3.44. The minimum atomic E-state index is -0.860. The summed E-state index contributed by atoms with van der Waals surface area (Å²) in [5.41, 5.74) is 5.47. The van der Waals surface area contributed by atoms with Crippen molar-refractivity contribution in [2.45, 2.75) is 89.9 Å². The van der Waals surface area contributed by atoms with Gasteiger partial charge in [-0.1, -0.05) is 25.8 Å². The van der Waals surface area contributed by atoms with E-state index >= 15 is 0 Å². The minimum Gasteiger partial charge on any atom is -0.386 e. The standard InChI is InChI=1S/C21H38N6O4/c1-13(24-16(4)28)20(30)27-18(11-8-12-23-15(3)22)21(31)25-14(2)19(29)26-17-9-6-5-7-10-17/h13-14,17-18,23H,3,5-12,22H2,1-2,4H3,(H,24,28)(H,25,31)(H,26,29)(H,27,30)/t13-,14-,18-/m0/s1. The largest absolute Gasteiger partial charge is 0.386 e. The summed E-state index contributed by atoms with van der Waals surface area (Å²) in [4.78, 5) is 48.8. The van der Waals surface area contributed by atoms with Crippen molar-refractivity contribution in [1.82, 2.24) is 26.6 Å². The Kier molecular flexibility index (Phi) is 11.4. The molecule has 10 heteroatoms. The zero-order valence-electron chi connectivity index (χ0n) is 18.9. The zero-order valence-corrected chi connectivity index (χ0v) is 18.9. The maximum Gasteiger partial charge on any atom is 0.243 e. The fraction of sp³-hybridized carbons (Fsp3) is 0.714. The zero-order chi connectivity index (χ0) is 23.4. The highest BCUT2D eigenvalue weighted by Gasteiger charge is 2.27. The number of hydrogen-bond acceptors (Lipinski definition) is 6. The first-order chi connectivity index (χ1) is 14.6. The smallest absolute Gasteiger partial charge is 0.243 e. The van der Waals surface area contributed by atoms with Crippen LogP contribution in [0.4, 0.5) is 0 Å². The third-order valence-corrected chi connectivity index (χ3v) is 5.17. The molecule has 0 saturated heterocycles. The highest BCUT2D eigenvalue weighted by molar-refractivity contribution is 5.93. The number of carbonyl (C=O) groups is 4. The van der Waals surface area contributed by atoms with Crippen LogP contribution < -0.4 is 32.3 Å². The van der Waals surface area contributed by atoms with Crippen molar-refractivity contribution in [2.75, 3.05) is 6.54 Å². The van der Waals surface area contributed by atoms with Gasteiger partial charge in [0.05, 0.1) is 5.82 Å². The van der Waals surface area contributed by atoms with Gasteiger partial charge in [-0.2, -0.15) is 0 Å². The van der Waals surface area contributed by atoms with Crippen molar-refractivity contribution >= 4 is 23.6 Å². The number of nitrogens with one attached hydrogen (secondary N) is 5. The summed E-state index contributed by atoms with van der Waals surface area (Å²) >= 11 is 0. The summed E-state index contributed by atoms with van der Waals surface area (Å²) in [6.07, 6.45) is 6.12.